The fraction of sp³-hybridized carbons (Fsp3) is 0.0625. The topological polar surface area (TPSA) is 52.1 Å². The number of nitrogens with zero attached hydrogens (tertiary/aromatic N) is 2. The molecule has 0 aliphatic rings. The molecule has 0 atom stereocenters. The fourth-order valence-electron chi connectivity index (χ4n) is 2.07. The van der Waals surface area contributed by atoms with Gasteiger partial charge in [0.2, 0.25) is 0 Å². The lowest BCUT2D eigenvalue weighted by atomic mass is 10.0. The number of benzene rings is 1. The number of hydrogen-bond acceptors (Lipinski definition) is 4. The smallest absolute Gasteiger partial charge is 0.168 e. The molecule has 0 spiro atoms. The van der Waals surface area contributed by atoms with Crippen molar-refractivity contribution in [3.05, 3.63) is 54.5 Å². The molecule has 98 valence electrons. The number of aromatic nitrogens is 2. The van der Waals surface area contributed by atoms with Crippen LogP contribution in [-0.4, -0.2) is 23.4 Å². The molecule has 1 aromatic carbocycles. The summed E-state index contributed by atoms with van der Waals surface area (Å²) in [6.07, 6.45) is 4.21. The van der Waals surface area contributed by atoms with Crippen LogP contribution in [0, 0.1) is 0 Å². The summed E-state index contributed by atoms with van der Waals surface area (Å²) in [5.74, 6) is 0.719. The van der Waals surface area contributed by atoms with Gasteiger partial charge in [-0.1, -0.05) is 12.1 Å². The molecular formula is C16H12N2O2. The molecule has 3 rings (SSSR count). The van der Waals surface area contributed by atoms with Crippen molar-refractivity contribution in [1.29, 1.82) is 0 Å². The van der Waals surface area contributed by atoms with Gasteiger partial charge in [0.05, 0.1) is 18.8 Å². The summed E-state index contributed by atoms with van der Waals surface area (Å²) in [5, 5.41) is 0.982. The van der Waals surface area contributed by atoms with Crippen molar-refractivity contribution in [2.75, 3.05) is 7.11 Å². The van der Waals surface area contributed by atoms with Crippen molar-refractivity contribution in [3.8, 4) is 16.9 Å². The Labute approximate surface area is 116 Å². The van der Waals surface area contributed by atoms with Crippen LogP contribution in [0.3, 0.4) is 0 Å². The van der Waals surface area contributed by atoms with E-state index in [4.69, 9.17) is 4.74 Å². The van der Waals surface area contributed by atoms with Crippen LogP contribution in [-0.2, 0) is 0 Å². The van der Waals surface area contributed by atoms with Crippen LogP contribution in [0.5, 0.6) is 5.75 Å². The molecule has 4 heteroatoms. The quantitative estimate of drug-likeness (QED) is 0.682. The summed E-state index contributed by atoms with van der Waals surface area (Å²) < 4.78 is 5.18. The van der Waals surface area contributed by atoms with Crippen LogP contribution in [0.25, 0.3) is 22.0 Å². The van der Waals surface area contributed by atoms with Crippen molar-refractivity contribution >= 4 is 17.2 Å². The van der Waals surface area contributed by atoms with Crippen molar-refractivity contribution in [1.82, 2.24) is 9.97 Å². The van der Waals surface area contributed by atoms with Crippen molar-refractivity contribution < 1.29 is 9.53 Å². The minimum absolute atomic E-state index is 0.438. The molecule has 2 aromatic heterocycles. The highest BCUT2D eigenvalue weighted by Gasteiger charge is 2.03. The van der Waals surface area contributed by atoms with Gasteiger partial charge in [-0.15, -0.1) is 0 Å². The van der Waals surface area contributed by atoms with Crippen LogP contribution in [0.1, 0.15) is 10.5 Å². The van der Waals surface area contributed by atoms with Gasteiger partial charge < -0.3 is 4.74 Å². The first kappa shape index (κ1) is 12.3. The van der Waals surface area contributed by atoms with Gasteiger partial charge >= 0.3 is 0 Å². The number of aldehydes is 1. The Hall–Kier alpha value is -2.75. The number of rotatable bonds is 3. The third-order valence-electron chi connectivity index (χ3n) is 3.11. The fourth-order valence-corrected chi connectivity index (χ4v) is 2.07. The first-order chi connectivity index (χ1) is 9.80. The summed E-state index contributed by atoms with van der Waals surface area (Å²) in [6, 6.07) is 11.4. The maximum atomic E-state index is 10.7. The third-order valence-corrected chi connectivity index (χ3v) is 3.11. The maximum Gasteiger partial charge on any atom is 0.168 e. The Morgan fingerprint density at radius 1 is 1.05 bits per heavy atom. The van der Waals surface area contributed by atoms with E-state index in [0.717, 1.165) is 34.1 Å². The lowest BCUT2D eigenvalue weighted by Gasteiger charge is -2.05. The van der Waals surface area contributed by atoms with Crippen molar-refractivity contribution in [2.24, 2.45) is 0 Å². The van der Waals surface area contributed by atoms with Crippen LogP contribution in [0.4, 0.5) is 0 Å². The zero-order valence-corrected chi connectivity index (χ0v) is 10.9. The largest absolute Gasteiger partial charge is 0.495 e. The molecule has 0 fully saturated rings. The molecule has 4 nitrogen and oxygen atoms in total. The molecule has 2 heterocycles. The molecule has 0 saturated heterocycles. The number of carbonyl (C=O) groups is 1. The van der Waals surface area contributed by atoms with Crippen molar-refractivity contribution in [3.63, 3.8) is 0 Å². The van der Waals surface area contributed by atoms with Crippen LogP contribution in [0.15, 0.2) is 48.8 Å². The molecule has 0 unspecified atom stereocenters. The van der Waals surface area contributed by atoms with E-state index in [1.165, 1.54) is 0 Å². The number of fused-ring (bicyclic) bond motifs is 1. The lowest BCUT2D eigenvalue weighted by Crippen LogP contribution is -1.89. The van der Waals surface area contributed by atoms with E-state index in [1.807, 2.05) is 30.3 Å². The average molecular weight is 264 g/mol. The Balaban J connectivity index is 2.10. The summed E-state index contributed by atoms with van der Waals surface area (Å²) in [5.41, 5.74) is 3.25. The molecule has 20 heavy (non-hydrogen) atoms. The highest BCUT2D eigenvalue weighted by atomic mass is 16.5. The van der Waals surface area contributed by atoms with Gasteiger partial charge in [0.15, 0.2) is 6.29 Å². The van der Waals surface area contributed by atoms with Gasteiger partial charge in [-0.25, -0.2) is 4.98 Å². The molecule has 3 aromatic rings. The molecular weight excluding hydrogens is 252 g/mol. The van der Waals surface area contributed by atoms with E-state index in [2.05, 4.69) is 9.97 Å². The average Bonchev–Trinajstić information content (AvgIpc) is 2.54. The second-order valence-corrected chi connectivity index (χ2v) is 4.37. The van der Waals surface area contributed by atoms with E-state index in [-0.39, 0.29) is 0 Å². The monoisotopic (exact) mass is 264 g/mol. The number of ether oxygens (including phenoxy) is 1. The van der Waals surface area contributed by atoms with Crippen molar-refractivity contribution in [2.45, 2.75) is 0 Å². The van der Waals surface area contributed by atoms with E-state index < -0.39 is 0 Å². The van der Waals surface area contributed by atoms with Crippen LogP contribution in [0.2, 0.25) is 0 Å². The Morgan fingerprint density at radius 3 is 2.75 bits per heavy atom. The number of pyridine rings is 2. The van der Waals surface area contributed by atoms with E-state index in [1.54, 1.807) is 25.6 Å². The molecule has 0 radical (unpaired) electrons. The summed E-state index contributed by atoms with van der Waals surface area (Å²) in [7, 11) is 1.62. The number of hydrogen-bond donors (Lipinski definition) is 0. The highest BCUT2D eigenvalue weighted by Crippen LogP contribution is 2.25. The summed E-state index contributed by atoms with van der Waals surface area (Å²) >= 11 is 0. The molecule has 0 saturated carbocycles. The second-order valence-electron chi connectivity index (χ2n) is 4.37. The van der Waals surface area contributed by atoms with Gasteiger partial charge in [-0.2, -0.15) is 0 Å². The van der Waals surface area contributed by atoms with Gasteiger partial charge in [-0.3, -0.25) is 9.78 Å². The normalized spacial score (nSPS) is 10.4. The Bertz CT molecular complexity index is 784. The maximum absolute atomic E-state index is 10.7. The Morgan fingerprint density at radius 2 is 1.95 bits per heavy atom. The number of carbonyl (C=O) groups excluding carboxylic acids is 1. The SMILES string of the molecule is COc1cncc(-c2ccc3nc(C=O)ccc3c2)c1. The van der Waals surface area contributed by atoms with E-state index in [0.29, 0.717) is 5.69 Å². The third kappa shape index (κ3) is 2.23. The summed E-state index contributed by atoms with van der Waals surface area (Å²) in [4.78, 5) is 19.1. The first-order valence-corrected chi connectivity index (χ1v) is 6.15. The predicted molar refractivity (Wildman–Crippen MR) is 76.9 cm³/mol. The molecule has 0 amide bonds. The molecule has 0 aliphatic heterocycles. The second kappa shape index (κ2) is 5.09. The van der Waals surface area contributed by atoms with E-state index in [9.17, 15) is 4.79 Å². The molecule has 0 bridgehead atoms. The zero-order valence-electron chi connectivity index (χ0n) is 10.9. The Kier molecular flexibility index (Phi) is 3.13. The van der Waals surface area contributed by atoms with Crippen LogP contribution >= 0.6 is 0 Å². The summed E-state index contributed by atoms with van der Waals surface area (Å²) in [6.45, 7) is 0. The first-order valence-electron chi connectivity index (χ1n) is 6.15. The molecule has 0 aliphatic carbocycles. The van der Waals surface area contributed by atoms with Gasteiger partial charge in [0.1, 0.15) is 11.4 Å². The standard InChI is InChI=1S/C16H12N2O2/c1-20-15-7-13(8-17-9-15)11-3-5-16-12(6-11)2-4-14(10-19)18-16/h2-10H,1H3. The molecule has 0 N–H and O–H groups in total. The van der Waals surface area contributed by atoms with Gasteiger partial charge in [0.25, 0.3) is 0 Å². The van der Waals surface area contributed by atoms with Gasteiger partial charge in [0, 0.05) is 17.1 Å². The minimum atomic E-state index is 0.438. The number of methoxy groups -OCH3 is 1. The highest BCUT2D eigenvalue weighted by molar-refractivity contribution is 5.87. The predicted octanol–water partition coefficient (Wildman–Crippen LogP) is 3.12. The zero-order chi connectivity index (χ0) is 13.9. The van der Waals surface area contributed by atoms with Crippen LogP contribution < -0.4 is 4.74 Å². The minimum Gasteiger partial charge on any atom is -0.495 e. The van der Waals surface area contributed by atoms with Gasteiger partial charge in [-0.05, 0) is 29.8 Å². The van der Waals surface area contributed by atoms with E-state index >= 15 is 0 Å². The lowest BCUT2D eigenvalue weighted by molar-refractivity contribution is 0.111.